The second-order valence-corrected chi connectivity index (χ2v) is 6.18. The van der Waals surface area contributed by atoms with Crippen molar-refractivity contribution in [3.8, 4) is 0 Å². The summed E-state index contributed by atoms with van der Waals surface area (Å²) in [5, 5.41) is 3.58. The molecule has 114 valence electrons. The standard InChI is InChI=1S/C17H24N2O2/c1-21-17(20)15-7-5-14(6-8-15)16-12-19(10-9-18-16)11-13-3-2-4-13/h5-8,13,16,18H,2-4,9-12H2,1H3. The molecule has 0 spiro atoms. The van der Waals surface area contributed by atoms with E-state index in [2.05, 4.69) is 10.2 Å². The fourth-order valence-electron chi connectivity index (χ4n) is 3.21. The Bertz CT molecular complexity index is 482. The average Bonchev–Trinajstić information content (AvgIpc) is 2.51. The highest BCUT2D eigenvalue weighted by Gasteiger charge is 2.25. The number of rotatable bonds is 4. The van der Waals surface area contributed by atoms with Crippen molar-refractivity contribution in [3.05, 3.63) is 35.4 Å². The summed E-state index contributed by atoms with van der Waals surface area (Å²) in [6, 6.07) is 8.15. The van der Waals surface area contributed by atoms with Crippen LogP contribution in [-0.4, -0.2) is 44.2 Å². The minimum atomic E-state index is -0.273. The van der Waals surface area contributed by atoms with Gasteiger partial charge in [0.1, 0.15) is 0 Å². The lowest BCUT2D eigenvalue weighted by atomic mass is 9.85. The Morgan fingerprint density at radius 2 is 2.10 bits per heavy atom. The molecule has 1 aliphatic carbocycles. The van der Waals surface area contributed by atoms with Crippen LogP contribution in [0.15, 0.2) is 24.3 Å². The maximum absolute atomic E-state index is 11.5. The summed E-state index contributed by atoms with van der Waals surface area (Å²) < 4.78 is 4.74. The van der Waals surface area contributed by atoms with E-state index in [1.165, 1.54) is 38.5 Å². The molecule has 4 heteroatoms. The summed E-state index contributed by atoms with van der Waals surface area (Å²) in [5.41, 5.74) is 1.87. The summed E-state index contributed by atoms with van der Waals surface area (Å²) in [7, 11) is 1.41. The largest absolute Gasteiger partial charge is 0.465 e. The van der Waals surface area contributed by atoms with E-state index in [0.717, 1.165) is 25.6 Å². The molecule has 1 unspecified atom stereocenters. The molecule has 2 fully saturated rings. The van der Waals surface area contributed by atoms with E-state index in [1.807, 2.05) is 24.3 Å². The van der Waals surface area contributed by atoms with E-state index in [0.29, 0.717) is 11.6 Å². The Balaban J connectivity index is 1.61. The van der Waals surface area contributed by atoms with Gasteiger partial charge in [-0.1, -0.05) is 18.6 Å². The lowest BCUT2D eigenvalue weighted by Gasteiger charge is -2.38. The number of hydrogen-bond acceptors (Lipinski definition) is 4. The van der Waals surface area contributed by atoms with Gasteiger partial charge in [-0.2, -0.15) is 0 Å². The summed E-state index contributed by atoms with van der Waals surface area (Å²) in [5.74, 6) is 0.648. The van der Waals surface area contributed by atoms with Crippen molar-refractivity contribution in [2.75, 3.05) is 33.3 Å². The monoisotopic (exact) mass is 288 g/mol. The first-order valence-corrected chi connectivity index (χ1v) is 7.90. The van der Waals surface area contributed by atoms with Crippen LogP contribution < -0.4 is 5.32 Å². The van der Waals surface area contributed by atoms with E-state index < -0.39 is 0 Å². The quantitative estimate of drug-likeness (QED) is 0.863. The van der Waals surface area contributed by atoms with Crippen LogP contribution in [0.4, 0.5) is 0 Å². The second-order valence-electron chi connectivity index (χ2n) is 6.18. The zero-order valence-electron chi connectivity index (χ0n) is 12.7. The van der Waals surface area contributed by atoms with Gasteiger partial charge < -0.3 is 10.1 Å². The SMILES string of the molecule is COC(=O)c1ccc(C2CN(CC3CCC3)CCN2)cc1. The van der Waals surface area contributed by atoms with Crippen LogP contribution in [0.2, 0.25) is 0 Å². The highest BCUT2D eigenvalue weighted by Crippen LogP contribution is 2.28. The molecule has 4 nitrogen and oxygen atoms in total. The third-order valence-electron chi connectivity index (χ3n) is 4.73. The van der Waals surface area contributed by atoms with E-state index in [9.17, 15) is 4.79 Å². The molecule has 0 bridgehead atoms. The van der Waals surface area contributed by atoms with Crippen LogP contribution in [-0.2, 0) is 4.74 Å². The molecular weight excluding hydrogens is 264 g/mol. The second kappa shape index (κ2) is 6.58. The van der Waals surface area contributed by atoms with E-state index in [1.54, 1.807) is 0 Å². The number of esters is 1. The van der Waals surface area contributed by atoms with Gasteiger partial charge in [0.05, 0.1) is 12.7 Å². The number of benzene rings is 1. The minimum absolute atomic E-state index is 0.273. The molecule has 1 aromatic rings. The van der Waals surface area contributed by atoms with E-state index in [-0.39, 0.29) is 5.97 Å². The molecular formula is C17H24N2O2. The first-order chi connectivity index (χ1) is 10.3. The highest BCUT2D eigenvalue weighted by atomic mass is 16.5. The summed E-state index contributed by atoms with van der Waals surface area (Å²) in [6.07, 6.45) is 4.22. The van der Waals surface area contributed by atoms with E-state index in [4.69, 9.17) is 4.74 Å². The molecule has 1 saturated heterocycles. The van der Waals surface area contributed by atoms with Crippen molar-refractivity contribution in [2.24, 2.45) is 5.92 Å². The van der Waals surface area contributed by atoms with Gasteiger partial charge in [0, 0.05) is 32.2 Å². The number of hydrogen-bond donors (Lipinski definition) is 1. The normalized spacial score (nSPS) is 23.6. The minimum Gasteiger partial charge on any atom is -0.465 e. The molecule has 1 atom stereocenters. The van der Waals surface area contributed by atoms with E-state index >= 15 is 0 Å². The van der Waals surface area contributed by atoms with Gasteiger partial charge in [-0.3, -0.25) is 4.90 Å². The Morgan fingerprint density at radius 1 is 1.33 bits per heavy atom. The van der Waals surface area contributed by atoms with Crippen molar-refractivity contribution in [1.29, 1.82) is 0 Å². The van der Waals surface area contributed by atoms with Crippen LogP contribution >= 0.6 is 0 Å². The molecule has 3 rings (SSSR count). The van der Waals surface area contributed by atoms with Gasteiger partial charge in [-0.25, -0.2) is 4.79 Å². The maximum atomic E-state index is 11.5. The molecule has 2 aliphatic rings. The fraction of sp³-hybridized carbons (Fsp3) is 0.588. The molecule has 1 saturated carbocycles. The number of carbonyl (C=O) groups is 1. The van der Waals surface area contributed by atoms with Gasteiger partial charge in [0.2, 0.25) is 0 Å². The van der Waals surface area contributed by atoms with Gasteiger partial charge in [-0.15, -0.1) is 0 Å². The molecule has 1 N–H and O–H groups in total. The number of nitrogens with zero attached hydrogens (tertiary/aromatic N) is 1. The third-order valence-corrected chi connectivity index (χ3v) is 4.73. The van der Waals surface area contributed by atoms with Crippen molar-refractivity contribution in [1.82, 2.24) is 10.2 Å². The molecule has 1 aliphatic heterocycles. The zero-order chi connectivity index (χ0) is 14.7. The van der Waals surface area contributed by atoms with Gasteiger partial charge in [0.25, 0.3) is 0 Å². The zero-order valence-corrected chi connectivity index (χ0v) is 12.7. The predicted molar refractivity (Wildman–Crippen MR) is 82.3 cm³/mol. The van der Waals surface area contributed by atoms with Gasteiger partial charge in [-0.05, 0) is 36.5 Å². The van der Waals surface area contributed by atoms with Crippen molar-refractivity contribution in [2.45, 2.75) is 25.3 Å². The molecule has 1 heterocycles. The fourth-order valence-corrected chi connectivity index (χ4v) is 3.21. The summed E-state index contributed by atoms with van der Waals surface area (Å²) >= 11 is 0. The first-order valence-electron chi connectivity index (χ1n) is 7.90. The van der Waals surface area contributed by atoms with Crippen LogP contribution in [0.1, 0.15) is 41.2 Å². The Hall–Kier alpha value is -1.39. The maximum Gasteiger partial charge on any atom is 0.337 e. The number of carbonyl (C=O) groups excluding carboxylic acids is 1. The number of ether oxygens (including phenoxy) is 1. The molecule has 21 heavy (non-hydrogen) atoms. The van der Waals surface area contributed by atoms with Crippen LogP contribution in [0, 0.1) is 5.92 Å². The lowest BCUT2D eigenvalue weighted by Crippen LogP contribution is -2.47. The van der Waals surface area contributed by atoms with Gasteiger partial charge >= 0.3 is 5.97 Å². The topological polar surface area (TPSA) is 41.6 Å². The number of nitrogens with one attached hydrogen (secondary N) is 1. The smallest absolute Gasteiger partial charge is 0.337 e. The Kier molecular flexibility index (Phi) is 4.56. The average molecular weight is 288 g/mol. The molecule has 1 aromatic carbocycles. The van der Waals surface area contributed by atoms with Crippen molar-refractivity contribution in [3.63, 3.8) is 0 Å². The van der Waals surface area contributed by atoms with Crippen LogP contribution in [0.3, 0.4) is 0 Å². The lowest BCUT2D eigenvalue weighted by molar-refractivity contribution is 0.0600. The van der Waals surface area contributed by atoms with Crippen LogP contribution in [0.5, 0.6) is 0 Å². The molecule has 0 radical (unpaired) electrons. The van der Waals surface area contributed by atoms with Crippen LogP contribution in [0.25, 0.3) is 0 Å². The van der Waals surface area contributed by atoms with Crippen molar-refractivity contribution >= 4 is 5.97 Å². The Morgan fingerprint density at radius 3 is 2.71 bits per heavy atom. The first kappa shape index (κ1) is 14.5. The summed E-state index contributed by atoms with van der Waals surface area (Å²) in [4.78, 5) is 14.1. The number of piperazine rings is 1. The van der Waals surface area contributed by atoms with Crippen molar-refractivity contribution < 1.29 is 9.53 Å². The van der Waals surface area contributed by atoms with Gasteiger partial charge in [0.15, 0.2) is 0 Å². The number of methoxy groups -OCH3 is 1. The summed E-state index contributed by atoms with van der Waals surface area (Å²) in [6.45, 7) is 4.50. The Labute approximate surface area is 126 Å². The third kappa shape index (κ3) is 3.44. The highest BCUT2D eigenvalue weighted by molar-refractivity contribution is 5.89. The molecule has 0 amide bonds. The molecule has 0 aromatic heterocycles. The predicted octanol–water partition coefficient (Wildman–Crippen LogP) is 2.22.